The Balaban J connectivity index is 1.42. The third-order valence-corrected chi connectivity index (χ3v) is 3.29. The van der Waals surface area contributed by atoms with E-state index >= 15 is 0 Å². The predicted molar refractivity (Wildman–Crippen MR) is 69.7 cm³/mol. The van der Waals surface area contributed by atoms with Gasteiger partial charge in [-0.25, -0.2) is 4.98 Å². The van der Waals surface area contributed by atoms with Gasteiger partial charge < -0.3 is 9.88 Å². The lowest BCUT2D eigenvalue weighted by molar-refractivity contribution is 0.0947. The Hall–Kier alpha value is -2.11. The smallest absolute Gasteiger partial charge is 0.271 e. The van der Waals surface area contributed by atoms with Crippen LogP contribution in [0.4, 0.5) is 0 Å². The number of hydrogen-bond donors (Lipinski definition) is 2. The average Bonchev–Trinajstić information content (AvgIpc) is 2.95. The van der Waals surface area contributed by atoms with Crippen LogP contribution in [-0.2, 0) is 6.54 Å². The van der Waals surface area contributed by atoms with Gasteiger partial charge >= 0.3 is 0 Å². The van der Waals surface area contributed by atoms with Crippen molar-refractivity contribution in [3.8, 4) is 0 Å². The summed E-state index contributed by atoms with van der Waals surface area (Å²) in [5.74, 6) is 0.490. The lowest BCUT2D eigenvalue weighted by atomic mass is 10.2. The van der Waals surface area contributed by atoms with Gasteiger partial charge in [0.1, 0.15) is 5.69 Å². The van der Waals surface area contributed by atoms with Crippen LogP contribution >= 0.6 is 0 Å². The normalized spacial score (nSPS) is 14.5. The third-order valence-electron chi connectivity index (χ3n) is 3.29. The summed E-state index contributed by atoms with van der Waals surface area (Å²) in [4.78, 5) is 15.8. The summed E-state index contributed by atoms with van der Waals surface area (Å²) in [6.07, 6.45) is 8.72. The molecule has 3 rings (SSSR count). The number of carbonyl (C=O) groups excluding carboxylic acids is 1. The van der Waals surface area contributed by atoms with Crippen molar-refractivity contribution in [3.63, 3.8) is 0 Å². The van der Waals surface area contributed by atoms with Crippen LogP contribution in [0.15, 0.2) is 24.8 Å². The number of rotatable bonds is 6. The van der Waals surface area contributed by atoms with Crippen molar-refractivity contribution in [2.75, 3.05) is 6.54 Å². The molecule has 1 fully saturated rings. The number of aromatic nitrogens is 4. The monoisotopic (exact) mass is 259 g/mol. The van der Waals surface area contributed by atoms with Crippen molar-refractivity contribution >= 4 is 5.91 Å². The van der Waals surface area contributed by atoms with Gasteiger partial charge in [0, 0.05) is 37.1 Å². The van der Waals surface area contributed by atoms with E-state index < -0.39 is 0 Å². The first kappa shape index (κ1) is 12.0. The molecule has 19 heavy (non-hydrogen) atoms. The molecule has 0 atom stereocenters. The molecule has 1 aliphatic carbocycles. The Kier molecular flexibility index (Phi) is 3.31. The Bertz CT molecular complexity index is 541. The van der Waals surface area contributed by atoms with E-state index in [0.29, 0.717) is 18.2 Å². The highest BCUT2D eigenvalue weighted by molar-refractivity contribution is 5.92. The zero-order valence-corrected chi connectivity index (χ0v) is 10.7. The molecule has 100 valence electrons. The minimum atomic E-state index is -0.103. The number of aryl methyl sites for hydroxylation is 1. The number of aromatic amines is 1. The number of H-pyrrole nitrogens is 1. The van der Waals surface area contributed by atoms with Crippen molar-refractivity contribution in [2.45, 2.75) is 31.7 Å². The highest BCUT2D eigenvalue weighted by atomic mass is 16.1. The van der Waals surface area contributed by atoms with Crippen LogP contribution in [0.1, 0.15) is 41.4 Å². The average molecular weight is 259 g/mol. The summed E-state index contributed by atoms with van der Waals surface area (Å²) >= 11 is 0. The number of amides is 1. The Labute approximate surface area is 111 Å². The summed E-state index contributed by atoms with van der Waals surface area (Å²) in [6, 6.07) is 1.86. The summed E-state index contributed by atoms with van der Waals surface area (Å²) in [5.41, 5.74) is 1.58. The first-order valence-corrected chi connectivity index (χ1v) is 6.62. The molecule has 1 saturated carbocycles. The highest BCUT2D eigenvalue weighted by Gasteiger charge is 2.26. The van der Waals surface area contributed by atoms with E-state index in [2.05, 4.69) is 20.5 Å². The van der Waals surface area contributed by atoms with Gasteiger partial charge in [0.05, 0.1) is 6.33 Å². The fraction of sp³-hybridized carbons (Fsp3) is 0.462. The maximum Gasteiger partial charge on any atom is 0.271 e. The third kappa shape index (κ3) is 3.01. The lowest BCUT2D eigenvalue weighted by Crippen LogP contribution is -2.25. The molecule has 0 bridgehead atoms. The number of nitrogens with zero attached hydrogens (tertiary/aromatic N) is 3. The van der Waals surface area contributed by atoms with Crippen molar-refractivity contribution in [3.05, 3.63) is 36.2 Å². The quantitative estimate of drug-likeness (QED) is 0.768. The summed E-state index contributed by atoms with van der Waals surface area (Å²) in [6.45, 7) is 1.50. The van der Waals surface area contributed by atoms with Gasteiger partial charge in [0.15, 0.2) is 0 Å². The first-order chi connectivity index (χ1) is 9.33. The number of hydrogen-bond acceptors (Lipinski definition) is 3. The van der Waals surface area contributed by atoms with Gasteiger partial charge in [0.2, 0.25) is 0 Å². The van der Waals surface area contributed by atoms with Gasteiger partial charge in [0.25, 0.3) is 5.91 Å². The molecular formula is C13H17N5O. The molecule has 0 saturated heterocycles. The van der Waals surface area contributed by atoms with Crippen LogP contribution in [-0.4, -0.2) is 32.2 Å². The maximum atomic E-state index is 11.8. The van der Waals surface area contributed by atoms with E-state index in [1.807, 2.05) is 16.8 Å². The number of imidazole rings is 1. The Morgan fingerprint density at radius 1 is 1.53 bits per heavy atom. The van der Waals surface area contributed by atoms with Gasteiger partial charge in [-0.15, -0.1) is 0 Å². The van der Waals surface area contributed by atoms with Gasteiger partial charge in [-0.05, 0) is 25.3 Å². The van der Waals surface area contributed by atoms with Crippen molar-refractivity contribution in [2.24, 2.45) is 0 Å². The molecule has 2 aromatic rings. The minimum Gasteiger partial charge on any atom is -0.351 e. The summed E-state index contributed by atoms with van der Waals surface area (Å²) in [7, 11) is 0. The predicted octanol–water partition coefficient (Wildman–Crippen LogP) is 1.30. The van der Waals surface area contributed by atoms with Crippen LogP contribution in [0.3, 0.4) is 0 Å². The Morgan fingerprint density at radius 3 is 3.16 bits per heavy atom. The second-order valence-electron chi connectivity index (χ2n) is 4.89. The molecule has 6 heteroatoms. The van der Waals surface area contributed by atoms with E-state index in [9.17, 15) is 4.79 Å². The van der Waals surface area contributed by atoms with E-state index in [1.165, 1.54) is 12.8 Å². The second kappa shape index (κ2) is 5.26. The zero-order chi connectivity index (χ0) is 13.1. The summed E-state index contributed by atoms with van der Waals surface area (Å²) in [5, 5.41) is 9.87. The van der Waals surface area contributed by atoms with E-state index in [4.69, 9.17) is 0 Å². The largest absolute Gasteiger partial charge is 0.351 e. The van der Waals surface area contributed by atoms with Crippen LogP contribution in [0, 0.1) is 0 Å². The topological polar surface area (TPSA) is 75.6 Å². The first-order valence-electron chi connectivity index (χ1n) is 6.62. The molecule has 2 heterocycles. The molecule has 0 radical (unpaired) electrons. The van der Waals surface area contributed by atoms with Crippen LogP contribution in [0.5, 0.6) is 0 Å². The zero-order valence-electron chi connectivity index (χ0n) is 10.7. The van der Waals surface area contributed by atoms with E-state index in [-0.39, 0.29) is 5.91 Å². The van der Waals surface area contributed by atoms with Gasteiger partial charge in [-0.3, -0.25) is 9.89 Å². The van der Waals surface area contributed by atoms with Crippen molar-refractivity contribution < 1.29 is 4.79 Å². The molecule has 6 nitrogen and oxygen atoms in total. The van der Waals surface area contributed by atoms with Crippen molar-refractivity contribution in [1.29, 1.82) is 0 Å². The molecule has 0 aromatic carbocycles. The van der Waals surface area contributed by atoms with Crippen LogP contribution < -0.4 is 5.32 Å². The minimum absolute atomic E-state index is 0.103. The number of nitrogens with one attached hydrogen (secondary N) is 2. The second-order valence-corrected chi connectivity index (χ2v) is 4.89. The highest BCUT2D eigenvalue weighted by Crippen LogP contribution is 2.38. The lowest BCUT2D eigenvalue weighted by Gasteiger charge is -2.03. The van der Waals surface area contributed by atoms with Crippen molar-refractivity contribution in [1.82, 2.24) is 25.1 Å². The fourth-order valence-corrected chi connectivity index (χ4v) is 2.03. The molecule has 2 N–H and O–H groups in total. The standard InChI is InChI=1S/C13H17N5O/c19-13(12-8-11(16-17-12)10-2-3-10)15-4-1-6-18-7-5-14-9-18/h5,7-10H,1-4,6H2,(H,15,19)(H,16,17). The molecule has 1 amide bonds. The molecule has 0 unspecified atom stereocenters. The SMILES string of the molecule is O=C(NCCCn1ccnc1)c1cc(C2CC2)[nH]n1. The van der Waals surface area contributed by atoms with E-state index in [0.717, 1.165) is 18.7 Å². The maximum absolute atomic E-state index is 11.8. The molecule has 1 aliphatic rings. The molecule has 2 aromatic heterocycles. The fourth-order valence-electron chi connectivity index (χ4n) is 2.03. The number of carbonyl (C=O) groups is 1. The summed E-state index contributed by atoms with van der Waals surface area (Å²) < 4.78 is 1.99. The van der Waals surface area contributed by atoms with Gasteiger partial charge in [-0.2, -0.15) is 5.10 Å². The van der Waals surface area contributed by atoms with E-state index in [1.54, 1.807) is 12.5 Å². The Morgan fingerprint density at radius 2 is 2.42 bits per heavy atom. The molecule has 0 spiro atoms. The van der Waals surface area contributed by atoms with Crippen LogP contribution in [0.25, 0.3) is 0 Å². The van der Waals surface area contributed by atoms with Gasteiger partial charge in [-0.1, -0.05) is 0 Å². The molecular weight excluding hydrogens is 242 g/mol. The molecule has 0 aliphatic heterocycles. The van der Waals surface area contributed by atoms with Crippen LogP contribution in [0.2, 0.25) is 0 Å².